The molecule has 0 aliphatic heterocycles. The van der Waals surface area contributed by atoms with E-state index in [-0.39, 0.29) is 6.04 Å². The zero-order valence-corrected chi connectivity index (χ0v) is 13.0. The van der Waals surface area contributed by atoms with Gasteiger partial charge in [0.05, 0.1) is 12.4 Å². The maximum atomic E-state index is 6.12. The summed E-state index contributed by atoms with van der Waals surface area (Å²) in [7, 11) is 0. The second-order valence-electron chi connectivity index (χ2n) is 4.96. The number of hydrogen-bond donors (Lipinski definition) is 0. The summed E-state index contributed by atoms with van der Waals surface area (Å²) in [6.45, 7) is 8.04. The molecule has 0 amide bonds. The standard InChI is InChI=1S/C14H19ClN4O/c1-5-6-12-17-13(15)10(4)14(18-12)20-11-7-16-19(8-11)9(2)3/h7-9H,5-6H2,1-4H3. The smallest absolute Gasteiger partial charge is 0.227 e. The number of hydrogen-bond acceptors (Lipinski definition) is 4. The molecule has 6 heteroatoms. The Bertz CT molecular complexity index is 595. The first-order valence-electron chi connectivity index (χ1n) is 6.76. The maximum absolute atomic E-state index is 6.12. The fraction of sp³-hybridized carbons (Fsp3) is 0.500. The lowest BCUT2D eigenvalue weighted by atomic mass is 10.3. The molecule has 0 saturated heterocycles. The molecule has 2 rings (SSSR count). The van der Waals surface area contributed by atoms with Crippen molar-refractivity contribution in [1.29, 1.82) is 0 Å². The van der Waals surface area contributed by atoms with Crippen LogP contribution in [0.4, 0.5) is 0 Å². The van der Waals surface area contributed by atoms with Gasteiger partial charge in [0, 0.05) is 18.0 Å². The highest BCUT2D eigenvalue weighted by Gasteiger charge is 2.12. The second-order valence-corrected chi connectivity index (χ2v) is 5.32. The molecule has 2 aromatic heterocycles. The van der Waals surface area contributed by atoms with Crippen LogP contribution in [0.1, 0.15) is 44.6 Å². The first kappa shape index (κ1) is 14.8. The van der Waals surface area contributed by atoms with Gasteiger partial charge < -0.3 is 4.74 Å². The van der Waals surface area contributed by atoms with E-state index in [9.17, 15) is 0 Å². The maximum Gasteiger partial charge on any atom is 0.227 e. The fourth-order valence-corrected chi connectivity index (χ4v) is 1.89. The Hall–Kier alpha value is -1.62. The number of halogens is 1. The molecule has 5 nitrogen and oxygen atoms in total. The minimum atomic E-state index is 0.290. The van der Waals surface area contributed by atoms with E-state index < -0.39 is 0 Å². The molecule has 0 fully saturated rings. The van der Waals surface area contributed by atoms with Gasteiger partial charge in [-0.15, -0.1) is 0 Å². The van der Waals surface area contributed by atoms with Gasteiger partial charge in [0.15, 0.2) is 5.75 Å². The van der Waals surface area contributed by atoms with Crippen molar-refractivity contribution in [2.24, 2.45) is 0 Å². The number of ether oxygens (including phenoxy) is 1. The Morgan fingerprint density at radius 2 is 2.10 bits per heavy atom. The van der Waals surface area contributed by atoms with Gasteiger partial charge >= 0.3 is 0 Å². The molecule has 2 aromatic rings. The Morgan fingerprint density at radius 1 is 1.35 bits per heavy atom. The van der Waals surface area contributed by atoms with Crippen LogP contribution in [0.3, 0.4) is 0 Å². The molecular weight excluding hydrogens is 276 g/mol. The molecule has 0 spiro atoms. The summed E-state index contributed by atoms with van der Waals surface area (Å²) in [6.07, 6.45) is 5.26. The highest BCUT2D eigenvalue weighted by atomic mass is 35.5. The minimum absolute atomic E-state index is 0.290. The Kier molecular flexibility index (Phi) is 4.60. The highest BCUT2D eigenvalue weighted by molar-refractivity contribution is 6.30. The quantitative estimate of drug-likeness (QED) is 0.783. The van der Waals surface area contributed by atoms with Gasteiger partial charge in [-0.05, 0) is 27.2 Å². The first-order chi connectivity index (χ1) is 9.51. The topological polar surface area (TPSA) is 52.8 Å². The van der Waals surface area contributed by atoms with Crippen LogP contribution in [0, 0.1) is 6.92 Å². The number of aryl methyl sites for hydroxylation is 1. The van der Waals surface area contributed by atoms with Crippen LogP contribution in [0.25, 0.3) is 0 Å². The molecule has 20 heavy (non-hydrogen) atoms. The molecule has 0 saturated carbocycles. The van der Waals surface area contributed by atoms with Crippen molar-refractivity contribution in [3.8, 4) is 11.6 Å². The Balaban J connectivity index is 2.27. The molecule has 0 aliphatic rings. The first-order valence-corrected chi connectivity index (χ1v) is 7.14. The largest absolute Gasteiger partial charge is 0.435 e. The number of nitrogens with zero attached hydrogens (tertiary/aromatic N) is 4. The van der Waals surface area contributed by atoms with E-state index in [2.05, 4.69) is 35.8 Å². The molecule has 2 heterocycles. The number of rotatable bonds is 5. The van der Waals surface area contributed by atoms with Crippen molar-refractivity contribution in [2.75, 3.05) is 0 Å². The van der Waals surface area contributed by atoms with Gasteiger partial charge in [-0.25, -0.2) is 4.98 Å². The Labute approximate surface area is 124 Å². The zero-order valence-electron chi connectivity index (χ0n) is 12.2. The summed E-state index contributed by atoms with van der Waals surface area (Å²) < 4.78 is 7.62. The summed E-state index contributed by atoms with van der Waals surface area (Å²) in [6, 6.07) is 0.290. The fourth-order valence-electron chi connectivity index (χ4n) is 1.71. The summed E-state index contributed by atoms with van der Waals surface area (Å²) in [4.78, 5) is 8.67. The second kappa shape index (κ2) is 6.22. The minimum Gasteiger partial charge on any atom is -0.435 e. The van der Waals surface area contributed by atoms with E-state index in [1.807, 2.05) is 17.8 Å². The van der Waals surface area contributed by atoms with Crippen molar-refractivity contribution in [3.63, 3.8) is 0 Å². The van der Waals surface area contributed by atoms with E-state index in [1.165, 1.54) is 0 Å². The molecule has 0 aromatic carbocycles. The molecule has 0 radical (unpaired) electrons. The van der Waals surface area contributed by atoms with Crippen LogP contribution >= 0.6 is 11.6 Å². The summed E-state index contributed by atoms with van der Waals surface area (Å²) in [5.74, 6) is 1.85. The lowest BCUT2D eigenvalue weighted by Gasteiger charge is -2.09. The van der Waals surface area contributed by atoms with Crippen molar-refractivity contribution >= 4 is 11.6 Å². The number of aromatic nitrogens is 4. The Morgan fingerprint density at radius 3 is 2.70 bits per heavy atom. The van der Waals surface area contributed by atoms with Gasteiger partial charge in [-0.1, -0.05) is 18.5 Å². The lowest BCUT2D eigenvalue weighted by molar-refractivity contribution is 0.450. The van der Waals surface area contributed by atoms with Crippen LogP contribution < -0.4 is 4.74 Å². The van der Waals surface area contributed by atoms with Gasteiger partial charge in [0.2, 0.25) is 5.88 Å². The monoisotopic (exact) mass is 294 g/mol. The SMILES string of the molecule is CCCc1nc(Cl)c(C)c(Oc2cnn(C(C)C)c2)n1. The third kappa shape index (κ3) is 3.28. The summed E-state index contributed by atoms with van der Waals surface area (Å²) >= 11 is 6.12. The normalized spacial score (nSPS) is 11.1. The van der Waals surface area contributed by atoms with E-state index in [0.717, 1.165) is 18.4 Å². The molecular formula is C14H19ClN4O. The van der Waals surface area contributed by atoms with Crippen molar-refractivity contribution in [3.05, 3.63) is 28.9 Å². The van der Waals surface area contributed by atoms with Gasteiger partial charge in [0.25, 0.3) is 0 Å². The van der Waals surface area contributed by atoms with Crippen molar-refractivity contribution in [2.45, 2.75) is 46.6 Å². The van der Waals surface area contributed by atoms with Crippen LogP contribution in [0.5, 0.6) is 11.6 Å². The predicted octanol–water partition coefficient (Wildman–Crippen LogP) is 3.96. The molecule has 0 unspecified atom stereocenters. The average Bonchev–Trinajstić information content (AvgIpc) is 2.84. The molecule has 0 bridgehead atoms. The van der Waals surface area contributed by atoms with Gasteiger partial charge in [0.1, 0.15) is 11.0 Å². The predicted molar refractivity (Wildman–Crippen MR) is 78.5 cm³/mol. The molecule has 0 aliphatic carbocycles. The lowest BCUT2D eigenvalue weighted by Crippen LogP contribution is -2.01. The van der Waals surface area contributed by atoms with Crippen LogP contribution in [0.2, 0.25) is 5.15 Å². The van der Waals surface area contributed by atoms with E-state index in [1.54, 1.807) is 6.20 Å². The molecule has 108 valence electrons. The van der Waals surface area contributed by atoms with Gasteiger partial charge in [-0.3, -0.25) is 4.68 Å². The zero-order chi connectivity index (χ0) is 14.7. The van der Waals surface area contributed by atoms with Crippen LogP contribution in [-0.2, 0) is 6.42 Å². The highest BCUT2D eigenvalue weighted by Crippen LogP contribution is 2.27. The van der Waals surface area contributed by atoms with Crippen LogP contribution in [0.15, 0.2) is 12.4 Å². The molecule has 0 atom stereocenters. The van der Waals surface area contributed by atoms with E-state index in [4.69, 9.17) is 16.3 Å². The van der Waals surface area contributed by atoms with Crippen molar-refractivity contribution in [1.82, 2.24) is 19.7 Å². The average molecular weight is 295 g/mol. The summed E-state index contributed by atoms with van der Waals surface area (Å²) in [5.41, 5.74) is 0.740. The van der Waals surface area contributed by atoms with Crippen LogP contribution in [-0.4, -0.2) is 19.7 Å². The van der Waals surface area contributed by atoms with E-state index >= 15 is 0 Å². The van der Waals surface area contributed by atoms with Gasteiger partial charge in [-0.2, -0.15) is 10.1 Å². The third-order valence-corrected chi connectivity index (χ3v) is 3.25. The summed E-state index contributed by atoms with van der Waals surface area (Å²) in [5, 5.41) is 4.68. The van der Waals surface area contributed by atoms with Crippen molar-refractivity contribution < 1.29 is 4.74 Å². The molecule has 0 N–H and O–H groups in total. The third-order valence-electron chi connectivity index (χ3n) is 2.88. The van der Waals surface area contributed by atoms with E-state index in [0.29, 0.717) is 22.6 Å².